The van der Waals surface area contributed by atoms with Gasteiger partial charge < -0.3 is 10.4 Å². The molecule has 3 aromatic heterocycles. The number of phenols is 1. The van der Waals surface area contributed by atoms with Crippen LogP contribution in [0.2, 0.25) is 0 Å². The summed E-state index contributed by atoms with van der Waals surface area (Å²) in [5.74, 6) is 1.06. The standard InChI is InChI=1S/C27H28BrN5OS/c1-2-13-32(17-19-18-35-25-11-6-4-8-20(19)25)14-7-12-29-26-15-23(21-9-3-5-10-24(21)34)31-27-22(28)16-30-33(26)27/h3-6,8-11,15-16,18,29,34H,2,7,12-14,17H2,1H3. The average molecular weight is 551 g/mol. The van der Waals surface area contributed by atoms with E-state index in [2.05, 4.69) is 67.8 Å². The molecule has 0 unspecified atom stereocenters. The van der Waals surface area contributed by atoms with E-state index in [0.717, 1.165) is 49.3 Å². The molecule has 0 aliphatic heterocycles. The van der Waals surface area contributed by atoms with Gasteiger partial charge in [0.1, 0.15) is 11.6 Å². The fourth-order valence-corrected chi connectivity index (χ4v) is 5.69. The summed E-state index contributed by atoms with van der Waals surface area (Å²) in [4.78, 5) is 7.26. The summed E-state index contributed by atoms with van der Waals surface area (Å²) in [6, 6.07) is 17.9. The summed E-state index contributed by atoms with van der Waals surface area (Å²) in [5, 5.41) is 22.0. The maximum Gasteiger partial charge on any atom is 0.172 e. The highest BCUT2D eigenvalue weighted by atomic mass is 79.9. The lowest BCUT2D eigenvalue weighted by molar-refractivity contribution is 0.266. The van der Waals surface area contributed by atoms with Crippen LogP contribution in [0.3, 0.4) is 0 Å². The second kappa shape index (κ2) is 10.8. The quantitative estimate of drug-likeness (QED) is 0.188. The monoisotopic (exact) mass is 549 g/mol. The average Bonchev–Trinajstić information content (AvgIpc) is 3.45. The van der Waals surface area contributed by atoms with Gasteiger partial charge in [-0.3, -0.25) is 4.90 Å². The highest BCUT2D eigenvalue weighted by Gasteiger charge is 2.14. The van der Waals surface area contributed by atoms with E-state index in [-0.39, 0.29) is 5.75 Å². The Hall–Kier alpha value is -2.94. The summed E-state index contributed by atoms with van der Waals surface area (Å²) in [6.07, 6.45) is 3.88. The molecule has 35 heavy (non-hydrogen) atoms. The molecule has 0 saturated heterocycles. The lowest BCUT2D eigenvalue weighted by Crippen LogP contribution is -2.26. The SMILES string of the molecule is CCCN(CCCNc1cc(-c2ccccc2O)nc2c(Br)cnn12)Cc1csc2ccccc12. The number of rotatable bonds is 10. The molecule has 8 heteroatoms. The Kier molecular flexibility index (Phi) is 7.32. The van der Waals surface area contributed by atoms with Gasteiger partial charge in [0.05, 0.1) is 16.4 Å². The largest absolute Gasteiger partial charge is 0.507 e. The Morgan fingerprint density at radius 3 is 2.80 bits per heavy atom. The van der Waals surface area contributed by atoms with Crippen molar-refractivity contribution >= 4 is 48.8 Å². The molecule has 0 aliphatic rings. The van der Waals surface area contributed by atoms with Crippen molar-refractivity contribution < 1.29 is 5.11 Å². The Balaban J connectivity index is 1.28. The smallest absolute Gasteiger partial charge is 0.172 e. The molecule has 180 valence electrons. The van der Waals surface area contributed by atoms with Crippen LogP contribution in [-0.4, -0.2) is 44.2 Å². The highest BCUT2D eigenvalue weighted by molar-refractivity contribution is 9.10. The van der Waals surface area contributed by atoms with Gasteiger partial charge in [0.25, 0.3) is 0 Å². The van der Waals surface area contributed by atoms with Gasteiger partial charge in [0.15, 0.2) is 5.65 Å². The number of aromatic nitrogens is 3. The van der Waals surface area contributed by atoms with Crippen molar-refractivity contribution in [3.8, 4) is 17.0 Å². The van der Waals surface area contributed by atoms with Gasteiger partial charge in [-0.1, -0.05) is 37.3 Å². The fourth-order valence-electron chi connectivity index (χ4n) is 4.39. The van der Waals surface area contributed by atoms with E-state index in [1.807, 2.05) is 35.6 Å². The molecule has 0 bridgehead atoms. The van der Waals surface area contributed by atoms with E-state index in [1.165, 1.54) is 15.6 Å². The first-order chi connectivity index (χ1) is 17.1. The van der Waals surface area contributed by atoms with E-state index < -0.39 is 0 Å². The van der Waals surface area contributed by atoms with E-state index in [4.69, 9.17) is 4.98 Å². The number of hydrogen-bond acceptors (Lipinski definition) is 6. The van der Waals surface area contributed by atoms with Crippen LogP contribution in [0.4, 0.5) is 5.82 Å². The van der Waals surface area contributed by atoms with Gasteiger partial charge >= 0.3 is 0 Å². The molecule has 5 aromatic rings. The van der Waals surface area contributed by atoms with Crippen LogP contribution in [0.5, 0.6) is 5.75 Å². The lowest BCUT2D eigenvalue weighted by atomic mass is 10.1. The molecule has 3 heterocycles. The minimum absolute atomic E-state index is 0.210. The Bertz CT molecular complexity index is 1450. The number of benzene rings is 2. The molecule has 0 radical (unpaired) electrons. The zero-order chi connectivity index (χ0) is 24.2. The van der Waals surface area contributed by atoms with Crippen molar-refractivity contribution in [2.75, 3.05) is 25.0 Å². The fraction of sp³-hybridized carbons (Fsp3) is 0.259. The molecule has 2 N–H and O–H groups in total. The predicted octanol–water partition coefficient (Wildman–Crippen LogP) is 6.79. The number of aromatic hydroxyl groups is 1. The topological polar surface area (TPSA) is 65.7 Å². The van der Waals surface area contributed by atoms with E-state index in [0.29, 0.717) is 16.9 Å². The summed E-state index contributed by atoms with van der Waals surface area (Å²) in [7, 11) is 0. The summed E-state index contributed by atoms with van der Waals surface area (Å²) < 4.78 is 3.97. The first kappa shape index (κ1) is 23.8. The predicted molar refractivity (Wildman–Crippen MR) is 148 cm³/mol. The molecular weight excluding hydrogens is 522 g/mol. The van der Waals surface area contributed by atoms with Gasteiger partial charge in [-0.25, -0.2) is 4.98 Å². The van der Waals surface area contributed by atoms with Gasteiger partial charge in [-0.05, 0) is 69.8 Å². The van der Waals surface area contributed by atoms with Crippen LogP contribution >= 0.6 is 27.3 Å². The zero-order valence-electron chi connectivity index (χ0n) is 19.6. The minimum Gasteiger partial charge on any atom is -0.507 e. The highest BCUT2D eigenvalue weighted by Crippen LogP contribution is 2.31. The Morgan fingerprint density at radius 2 is 1.94 bits per heavy atom. The summed E-state index contributed by atoms with van der Waals surface area (Å²) in [6.45, 7) is 6.10. The van der Waals surface area contributed by atoms with Crippen molar-refractivity contribution in [3.05, 3.63) is 76.2 Å². The van der Waals surface area contributed by atoms with Gasteiger partial charge in [-0.2, -0.15) is 9.61 Å². The molecule has 0 amide bonds. The van der Waals surface area contributed by atoms with Crippen LogP contribution in [0.25, 0.3) is 27.0 Å². The minimum atomic E-state index is 0.210. The number of hydrogen-bond donors (Lipinski definition) is 2. The van der Waals surface area contributed by atoms with E-state index in [1.54, 1.807) is 16.8 Å². The first-order valence-corrected chi connectivity index (χ1v) is 13.5. The first-order valence-electron chi connectivity index (χ1n) is 11.9. The third kappa shape index (κ3) is 5.19. The van der Waals surface area contributed by atoms with Crippen LogP contribution in [-0.2, 0) is 6.54 Å². The zero-order valence-corrected chi connectivity index (χ0v) is 22.0. The summed E-state index contributed by atoms with van der Waals surface area (Å²) in [5.41, 5.74) is 3.53. The molecule has 0 atom stereocenters. The van der Waals surface area contributed by atoms with Crippen molar-refractivity contribution in [2.45, 2.75) is 26.3 Å². The normalized spacial score (nSPS) is 11.6. The molecule has 0 saturated carbocycles. The number of phenolic OH excluding ortho intramolecular Hbond substituents is 1. The molecule has 6 nitrogen and oxygen atoms in total. The molecular formula is C27H28BrN5OS. The van der Waals surface area contributed by atoms with Crippen molar-refractivity contribution in [2.24, 2.45) is 0 Å². The number of nitrogens with zero attached hydrogens (tertiary/aromatic N) is 4. The van der Waals surface area contributed by atoms with Gasteiger partial charge in [0, 0.05) is 36.0 Å². The van der Waals surface area contributed by atoms with Gasteiger partial charge in [-0.15, -0.1) is 11.3 Å². The Morgan fingerprint density at radius 1 is 1.11 bits per heavy atom. The number of fused-ring (bicyclic) bond motifs is 2. The number of para-hydroxylation sites is 1. The second-order valence-electron chi connectivity index (χ2n) is 8.59. The maximum atomic E-state index is 10.3. The van der Waals surface area contributed by atoms with Crippen molar-refractivity contribution in [1.29, 1.82) is 0 Å². The molecule has 2 aromatic carbocycles. The van der Waals surface area contributed by atoms with Crippen molar-refractivity contribution in [3.63, 3.8) is 0 Å². The maximum absolute atomic E-state index is 10.3. The number of anilines is 1. The lowest BCUT2D eigenvalue weighted by Gasteiger charge is -2.22. The van der Waals surface area contributed by atoms with Crippen LogP contribution in [0, 0.1) is 0 Å². The second-order valence-corrected chi connectivity index (χ2v) is 10.4. The molecule has 5 rings (SSSR count). The molecule has 0 aliphatic carbocycles. The third-order valence-corrected chi connectivity index (χ3v) is 7.63. The van der Waals surface area contributed by atoms with Crippen molar-refractivity contribution in [1.82, 2.24) is 19.5 Å². The van der Waals surface area contributed by atoms with Gasteiger partial charge in [0.2, 0.25) is 0 Å². The molecule has 0 fully saturated rings. The van der Waals surface area contributed by atoms with E-state index >= 15 is 0 Å². The number of thiophene rings is 1. The van der Waals surface area contributed by atoms with Crippen LogP contribution in [0.1, 0.15) is 25.3 Å². The third-order valence-electron chi connectivity index (χ3n) is 6.06. The summed E-state index contributed by atoms with van der Waals surface area (Å²) >= 11 is 5.37. The number of nitrogens with one attached hydrogen (secondary N) is 1. The van der Waals surface area contributed by atoms with Crippen LogP contribution < -0.4 is 5.32 Å². The van der Waals surface area contributed by atoms with E-state index in [9.17, 15) is 5.11 Å². The number of halogens is 1. The Labute approximate surface area is 217 Å². The molecule has 0 spiro atoms. The van der Waals surface area contributed by atoms with Crippen LogP contribution in [0.15, 0.2) is 70.6 Å².